The van der Waals surface area contributed by atoms with Crippen LogP contribution in [0.1, 0.15) is 11.4 Å². The van der Waals surface area contributed by atoms with Gasteiger partial charge in [-0.15, -0.1) is 0 Å². The molecule has 1 heterocycles. The van der Waals surface area contributed by atoms with E-state index in [2.05, 4.69) is 15.2 Å². The zero-order chi connectivity index (χ0) is 11.5. The van der Waals surface area contributed by atoms with Crippen LogP contribution in [0.2, 0.25) is 0 Å². The maximum atomic E-state index is 12.9. The number of aromatic amines is 1. The summed E-state index contributed by atoms with van der Waals surface area (Å²) < 4.78 is 12.9. The monoisotopic (exact) mass is 216 g/mol. The van der Waals surface area contributed by atoms with E-state index in [1.54, 1.807) is 13.0 Å². The quantitative estimate of drug-likeness (QED) is 0.834. The normalized spacial score (nSPS) is 10.1. The summed E-state index contributed by atoms with van der Waals surface area (Å²) in [5.41, 5.74) is 1.53. The predicted molar refractivity (Wildman–Crippen MR) is 55.8 cm³/mol. The molecule has 80 valence electrons. The van der Waals surface area contributed by atoms with Gasteiger partial charge < -0.3 is 0 Å². The molecule has 0 spiro atoms. The molecule has 0 saturated carbocycles. The molecule has 16 heavy (non-hydrogen) atoms. The molecule has 0 aliphatic rings. The number of aryl methyl sites for hydroxylation is 1. The lowest BCUT2D eigenvalue weighted by molar-refractivity contribution is 0.627. The van der Waals surface area contributed by atoms with Gasteiger partial charge in [-0.2, -0.15) is 10.4 Å². The number of hydrogen-bond acceptors (Lipinski definition) is 3. The third-order valence-electron chi connectivity index (χ3n) is 2.21. The molecule has 2 aromatic rings. The number of rotatable bonds is 2. The molecule has 0 bridgehead atoms. The van der Waals surface area contributed by atoms with Crippen molar-refractivity contribution in [2.24, 2.45) is 0 Å². The highest BCUT2D eigenvalue weighted by Crippen LogP contribution is 2.20. The van der Waals surface area contributed by atoms with Gasteiger partial charge in [0.25, 0.3) is 0 Å². The molecule has 1 aromatic heterocycles. The molecule has 0 saturated heterocycles. The van der Waals surface area contributed by atoms with Crippen molar-refractivity contribution in [2.45, 2.75) is 13.3 Å². The Bertz CT molecular complexity index is 553. The summed E-state index contributed by atoms with van der Waals surface area (Å²) in [6.07, 6.45) is 0.188. The number of H-pyrrole nitrogens is 1. The molecule has 0 atom stereocenters. The topological polar surface area (TPSA) is 65.4 Å². The van der Waals surface area contributed by atoms with Gasteiger partial charge in [-0.05, 0) is 30.7 Å². The van der Waals surface area contributed by atoms with Gasteiger partial charge in [0.05, 0.1) is 12.5 Å². The van der Waals surface area contributed by atoms with E-state index in [9.17, 15) is 4.39 Å². The van der Waals surface area contributed by atoms with Crippen LogP contribution in [0, 0.1) is 24.1 Å². The Kier molecular flexibility index (Phi) is 2.64. The molecule has 0 unspecified atom stereocenters. The van der Waals surface area contributed by atoms with Crippen molar-refractivity contribution in [2.75, 3.05) is 0 Å². The molecule has 0 fully saturated rings. The SMILES string of the molecule is Cc1cc(F)ccc1-c1n[nH]c(CC#N)n1. The van der Waals surface area contributed by atoms with Crippen LogP contribution in [0.5, 0.6) is 0 Å². The summed E-state index contributed by atoms with van der Waals surface area (Å²) in [4.78, 5) is 4.15. The lowest BCUT2D eigenvalue weighted by atomic mass is 10.1. The van der Waals surface area contributed by atoms with Crippen LogP contribution in [0.4, 0.5) is 4.39 Å². The number of nitrogens with one attached hydrogen (secondary N) is 1. The fraction of sp³-hybridized carbons (Fsp3) is 0.182. The molecule has 0 aliphatic carbocycles. The molecule has 5 heteroatoms. The molecule has 0 amide bonds. The molecule has 1 N–H and O–H groups in total. The van der Waals surface area contributed by atoms with E-state index in [4.69, 9.17) is 5.26 Å². The highest BCUT2D eigenvalue weighted by Gasteiger charge is 2.08. The molecular weight excluding hydrogens is 207 g/mol. The zero-order valence-corrected chi connectivity index (χ0v) is 8.66. The standard InChI is InChI=1S/C11H9FN4/c1-7-6-8(12)2-3-9(7)11-14-10(4-5-13)15-16-11/h2-3,6H,4H2,1H3,(H,14,15,16). The first-order valence-electron chi connectivity index (χ1n) is 4.75. The van der Waals surface area contributed by atoms with Crippen molar-refractivity contribution in [3.63, 3.8) is 0 Å². The largest absolute Gasteiger partial charge is 0.262 e. The third-order valence-corrected chi connectivity index (χ3v) is 2.21. The van der Waals surface area contributed by atoms with Gasteiger partial charge in [0.15, 0.2) is 5.82 Å². The van der Waals surface area contributed by atoms with Gasteiger partial charge in [-0.1, -0.05) is 0 Å². The van der Waals surface area contributed by atoms with E-state index in [0.29, 0.717) is 11.6 Å². The van der Waals surface area contributed by atoms with Crippen molar-refractivity contribution in [1.29, 1.82) is 5.26 Å². The second kappa shape index (κ2) is 4.11. The maximum Gasteiger partial charge on any atom is 0.181 e. The van der Waals surface area contributed by atoms with E-state index in [0.717, 1.165) is 11.1 Å². The van der Waals surface area contributed by atoms with Crippen LogP contribution >= 0.6 is 0 Å². The minimum Gasteiger partial charge on any atom is -0.262 e. The van der Waals surface area contributed by atoms with Crippen LogP contribution in [-0.2, 0) is 6.42 Å². The zero-order valence-electron chi connectivity index (χ0n) is 8.66. The van der Waals surface area contributed by atoms with E-state index >= 15 is 0 Å². The van der Waals surface area contributed by atoms with Gasteiger partial charge in [0.2, 0.25) is 0 Å². The average molecular weight is 216 g/mol. The van der Waals surface area contributed by atoms with E-state index in [-0.39, 0.29) is 12.2 Å². The maximum absolute atomic E-state index is 12.9. The number of nitriles is 1. The van der Waals surface area contributed by atoms with Gasteiger partial charge in [-0.3, -0.25) is 5.10 Å². The number of halogens is 1. The summed E-state index contributed by atoms with van der Waals surface area (Å²) in [6, 6.07) is 6.40. The van der Waals surface area contributed by atoms with Gasteiger partial charge in [0, 0.05) is 5.56 Å². The highest BCUT2D eigenvalue weighted by atomic mass is 19.1. The Hall–Kier alpha value is -2.22. The van der Waals surface area contributed by atoms with Crippen molar-refractivity contribution < 1.29 is 4.39 Å². The molecule has 1 aromatic carbocycles. The molecule has 2 rings (SSSR count). The summed E-state index contributed by atoms with van der Waals surface area (Å²) in [5.74, 6) is 0.720. The predicted octanol–water partition coefficient (Wildman–Crippen LogP) is 1.99. The number of aromatic nitrogens is 3. The van der Waals surface area contributed by atoms with E-state index in [1.807, 2.05) is 6.07 Å². The van der Waals surface area contributed by atoms with Gasteiger partial charge in [0.1, 0.15) is 11.6 Å². The summed E-state index contributed by atoms with van der Waals surface area (Å²) in [7, 11) is 0. The Labute approximate surface area is 91.8 Å². The average Bonchev–Trinajstić information content (AvgIpc) is 2.67. The van der Waals surface area contributed by atoms with Gasteiger partial charge in [-0.25, -0.2) is 9.37 Å². The first kappa shape index (κ1) is 10.3. The number of hydrogen-bond donors (Lipinski definition) is 1. The fourth-order valence-electron chi connectivity index (χ4n) is 1.45. The number of benzene rings is 1. The van der Waals surface area contributed by atoms with Crippen molar-refractivity contribution in [1.82, 2.24) is 15.2 Å². The molecule has 0 radical (unpaired) electrons. The second-order valence-electron chi connectivity index (χ2n) is 3.40. The smallest absolute Gasteiger partial charge is 0.181 e. The molecular formula is C11H9FN4. The minimum atomic E-state index is -0.283. The molecule has 0 aliphatic heterocycles. The second-order valence-corrected chi connectivity index (χ2v) is 3.40. The highest BCUT2D eigenvalue weighted by molar-refractivity contribution is 5.59. The lowest BCUT2D eigenvalue weighted by Crippen LogP contribution is -1.87. The van der Waals surface area contributed by atoms with E-state index < -0.39 is 0 Å². The summed E-state index contributed by atoms with van der Waals surface area (Å²) in [5, 5.41) is 15.2. The molecule has 4 nitrogen and oxygen atoms in total. The summed E-state index contributed by atoms with van der Waals surface area (Å²) in [6.45, 7) is 1.79. The third kappa shape index (κ3) is 1.91. The minimum absolute atomic E-state index is 0.188. The Morgan fingerprint density at radius 3 is 3.00 bits per heavy atom. The van der Waals surface area contributed by atoms with Crippen molar-refractivity contribution in [3.8, 4) is 17.5 Å². The lowest BCUT2D eigenvalue weighted by Gasteiger charge is -2.00. The number of nitrogens with zero attached hydrogens (tertiary/aromatic N) is 3. The van der Waals surface area contributed by atoms with Crippen LogP contribution in [-0.4, -0.2) is 15.2 Å². The van der Waals surface area contributed by atoms with Crippen LogP contribution < -0.4 is 0 Å². The van der Waals surface area contributed by atoms with Crippen LogP contribution in [0.3, 0.4) is 0 Å². The fourth-order valence-corrected chi connectivity index (χ4v) is 1.45. The Balaban J connectivity index is 2.39. The Morgan fingerprint density at radius 2 is 2.31 bits per heavy atom. The van der Waals surface area contributed by atoms with Crippen molar-refractivity contribution >= 4 is 0 Å². The first-order valence-corrected chi connectivity index (χ1v) is 4.75. The van der Waals surface area contributed by atoms with Crippen LogP contribution in [0.15, 0.2) is 18.2 Å². The van der Waals surface area contributed by atoms with E-state index in [1.165, 1.54) is 12.1 Å². The van der Waals surface area contributed by atoms with Gasteiger partial charge >= 0.3 is 0 Å². The Morgan fingerprint density at radius 1 is 1.50 bits per heavy atom. The van der Waals surface area contributed by atoms with Crippen molar-refractivity contribution in [3.05, 3.63) is 35.4 Å². The summed E-state index contributed by atoms with van der Waals surface area (Å²) >= 11 is 0. The van der Waals surface area contributed by atoms with Crippen LogP contribution in [0.25, 0.3) is 11.4 Å². The first-order chi connectivity index (χ1) is 7.70.